The zero-order chi connectivity index (χ0) is 18.8. The monoisotopic (exact) mass is 482 g/mol. The van der Waals surface area contributed by atoms with Crippen molar-refractivity contribution >= 4 is 29.9 Å². The van der Waals surface area contributed by atoms with Gasteiger partial charge in [0.25, 0.3) is 0 Å². The van der Waals surface area contributed by atoms with Crippen molar-refractivity contribution in [1.29, 1.82) is 0 Å². The van der Waals surface area contributed by atoms with Gasteiger partial charge in [-0.15, -0.1) is 24.0 Å². The number of hydrogen-bond acceptors (Lipinski definition) is 3. The van der Waals surface area contributed by atoms with Crippen LogP contribution in [-0.4, -0.2) is 37.7 Å². The van der Waals surface area contributed by atoms with E-state index in [0.29, 0.717) is 6.54 Å². The van der Waals surface area contributed by atoms with Crippen LogP contribution < -0.4 is 15.4 Å². The molecule has 2 aromatic rings. The maximum atomic E-state index is 5.24. The lowest BCUT2D eigenvalue weighted by Crippen LogP contribution is -2.39. The molecule has 1 aromatic heterocycles. The van der Waals surface area contributed by atoms with Gasteiger partial charge in [0.2, 0.25) is 0 Å². The Morgan fingerprint density at radius 3 is 2.44 bits per heavy atom. The Balaban J connectivity index is 0.00000364. The quantitative estimate of drug-likeness (QED) is 0.342. The molecule has 0 amide bonds. The minimum Gasteiger partial charge on any atom is -0.497 e. The van der Waals surface area contributed by atoms with E-state index >= 15 is 0 Å². The molecule has 0 aliphatic carbocycles. The molecule has 0 spiro atoms. The summed E-state index contributed by atoms with van der Waals surface area (Å²) in [6.45, 7) is 8.80. The average Bonchev–Trinajstić information content (AvgIpc) is 2.67. The van der Waals surface area contributed by atoms with Gasteiger partial charge < -0.3 is 15.4 Å². The van der Waals surface area contributed by atoms with Crippen LogP contribution in [0.25, 0.3) is 0 Å². The number of rotatable bonds is 8. The lowest BCUT2D eigenvalue weighted by Gasteiger charge is -2.24. The molecule has 0 saturated heterocycles. The number of halogens is 1. The van der Waals surface area contributed by atoms with Gasteiger partial charge in [-0.25, -0.2) is 0 Å². The molecule has 6 heteroatoms. The molecule has 5 nitrogen and oxygen atoms in total. The molecule has 2 N–H and O–H groups in total. The highest BCUT2D eigenvalue weighted by Crippen LogP contribution is 2.25. The van der Waals surface area contributed by atoms with Crippen LogP contribution in [-0.2, 0) is 11.8 Å². The lowest BCUT2D eigenvalue weighted by molar-refractivity contribution is 0.414. The second-order valence-electron chi connectivity index (χ2n) is 6.81. The number of aromatic nitrogens is 1. The predicted molar refractivity (Wildman–Crippen MR) is 123 cm³/mol. The number of hydrogen-bond donors (Lipinski definition) is 2. The Kier molecular flexibility index (Phi) is 10.1. The first-order valence-corrected chi connectivity index (χ1v) is 9.12. The van der Waals surface area contributed by atoms with Gasteiger partial charge in [-0.2, -0.15) is 0 Å². The summed E-state index contributed by atoms with van der Waals surface area (Å²) in [5.41, 5.74) is 2.26. The Bertz CT molecular complexity index is 687. The van der Waals surface area contributed by atoms with E-state index in [2.05, 4.69) is 48.5 Å². The second kappa shape index (κ2) is 11.8. The third-order valence-corrected chi connectivity index (χ3v) is 4.25. The van der Waals surface area contributed by atoms with Gasteiger partial charge in [0.05, 0.1) is 13.7 Å². The number of nitrogens with zero attached hydrogens (tertiary/aromatic N) is 2. The summed E-state index contributed by atoms with van der Waals surface area (Å²) >= 11 is 0. The topological polar surface area (TPSA) is 58.5 Å². The fourth-order valence-corrected chi connectivity index (χ4v) is 2.61. The molecule has 2 rings (SSSR count). The fraction of sp³-hybridized carbons (Fsp3) is 0.429. The smallest absolute Gasteiger partial charge is 0.191 e. The minimum atomic E-state index is -0.0599. The number of aliphatic imine (C=N–C) groups is 1. The van der Waals surface area contributed by atoms with E-state index < -0.39 is 0 Å². The summed E-state index contributed by atoms with van der Waals surface area (Å²) in [4.78, 5) is 9.13. The first-order valence-electron chi connectivity index (χ1n) is 9.12. The normalized spacial score (nSPS) is 11.5. The maximum Gasteiger partial charge on any atom is 0.191 e. The molecule has 1 aromatic carbocycles. The average molecular weight is 482 g/mol. The minimum absolute atomic E-state index is 0. The van der Waals surface area contributed by atoms with Crippen LogP contribution in [0.5, 0.6) is 5.75 Å². The third-order valence-electron chi connectivity index (χ3n) is 4.25. The highest BCUT2D eigenvalue weighted by molar-refractivity contribution is 14.0. The predicted octanol–water partition coefficient (Wildman–Crippen LogP) is 3.78. The van der Waals surface area contributed by atoms with Crippen LogP contribution in [0, 0.1) is 0 Å². The molecule has 0 unspecified atom stereocenters. The van der Waals surface area contributed by atoms with Crippen molar-refractivity contribution in [2.45, 2.75) is 32.6 Å². The first kappa shape index (κ1) is 23.2. The van der Waals surface area contributed by atoms with Gasteiger partial charge in [-0.3, -0.25) is 9.98 Å². The van der Waals surface area contributed by atoms with E-state index in [-0.39, 0.29) is 29.4 Å². The van der Waals surface area contributed by atoms with Gasteiger partial charge in [-0.1, -0.05) is 32.0 Å². The van der Waals surface area contributed by atoms with E-state index in [1.807, 2.05) is 36.5 Å². The van der Waals surface area contributed by atoms with Crippen LogP contribution in [0.4, 0.5) is 0 Å². The molecule has 0 atom stereocenters. The van der Waals surface area contributed by atoms with Crippen molar-refractivity contribution in [2.75, 3.05) is 26.7 Å². The largest absolute Gasteiger partial charge is 0.497 e. The van der Waals surface area contributed by atoms with Gasteiger partial charge in [0, 0.05) is 36.8 Å². The van der Waals surface area contributed by atoms with Crippen LogP contribution in [0.3, 0.4) is 0 Å². The number of benzene rings is 1. The Morgan fingerprint density at radius 1 is 1.11 bits per heavy atom. The molecule has 0 aliphatic heterocycles. The fourth-order valence-electron chi connectivity index (χ4n) is 2.61. The van der Waals surface area contributed by atoms with E-state index in [9.17, 15) is 0 Å². The lowest BCUT2D eigenvalue weighted by atomic mass is 9.85. The van der Waals surface area contributed by atoms with Crippen LogP contribution in [0.2, 0.25) is 0 Å². The molecule has 0 bridgehead atoms. The maximum absolute atomic E-state index is 5.24. The standard InChI is InChI=1S/C21H30N4O.HI/c1-5-22-20(24-15-13-18-8-6-7-14-23-18)25-16-21(2,3)17-9-11-19(26-4)12-10-17;/h6-12,14H,5,13,15-16H2,1-4H3,(H2,22,24,25);1H. The van der Waals surface area contributed by atoms with Crippen LogP contribution in [0.1, 0.15) is 32.0 Å². The summed E-state index contributed by atoms with van der Waals surface area (Å²) in [6, 6.07) is 14.2. The number of nitrogens with one attached hydrogen (secondary N) is 2. The Hall–Kier alpha value is -1.83. The summed E-state index contributed by atoms with van der Waals surface area (Å²) in [7, 11) is 1.68. The zero-order valence-electron chi connectivity index (χ0n) is 16.7. The molecular weight excluding hydrogens is 451 g/mol. The Labute approximate surface area is 180 Å². The van der Waals surface area contributed by atoms with Crippen molar-refractivity contribution < 1.29 is 4.74 Å². The van der Waals surface area contributed by atoms with Gasteiger partial charge >= 0.3 is 0 Å². The second-order valence-corrected chi connectivity index (χ2v) is 6.81. The molecule has 148 valence electrons. The molecule has 27 heavy (non-hydrogen) atoms. The van der Waals surface area contributed by atoms with Crippen molar-refractivity contribution in [3.8, 4) is 5.75 Å². The summed E-state index contributed by atoms with van der Waals surface area (Å²) in [6.07, 6.45) is 2.69. The molecule has 0 fully saturated rings. The van der Waals surface area contributed by atoms with Gasteiger partial charge in [0.1, 0.15) is 5.75 Å². The number of methoxy groups -OCH3 is 1. The Morgan fingerprint density at radius 2 is 1.85 bits per heavy atom. The molecule has 0 radical (unpaired) electrons. The molecular formula is C21H31IN4O. The van der Waals surface area contributed by atoms with E-state index in [4.69, 9.17) is 9.73 Å². The number of ether oxygens (including phenoxy) is 1. The van der Waals surface area contributed by atoms with E-state index in [1.54, 1.807) is 7.11 Å². The van der Waals surface area contributed by atoms with Crippen molar-refractivity contribution in [3.05, 3.63) is 59.9 Å². The van der Waals surface area contributed by atoms with Crippen LogP contribution >= 0.6 is 24.0 Å². The van der Waals surface area contributed by atoms with Gasteiger partial charge in [0.15, 0.2) is 5.96 Å². The van der Waals surface area contributed by atoms with Crippen molar-refractivity contribution in [1.82, 2.24) is 15.6 Å². The van der Waals surface area contributed by atoms with Crippen molar-refractivity contribution in [3.63, 3.8) is 0 Å². The van der Waals surface area contributed by atoms with Crippen LogP contribution in [0.15, 0.2) is 53.7 Å². The highest BCUT2D eigenvalue weighted by Gasteiger charge is 2.20. The van der Waals surface area contributed by atoms with Crippen molar-refractivity contribution in [2.24, 2.45) is 4.99 Å². The molecule has 0 saturated carbocycles. The van der Waals surface area contributed by atoms with E-state index in [1.165, 1.54) is 5.56 Å². The molecule has 0 aliphatic rings. The summed E-state index contributed by atoms with van der Waals surface area (Å²) in [5, 5.41) is 6.70. The zero-order valence-corrected chi connectivity index (χ0v) is 19.0. The summed E-state index contributed by atoms with van der Waals surface area (Å²) < 4.78 is 5.24. The highest BCUT2D eigenvalue weighted by atomic mass is 127. The van der Waals surface area contributed by atoms with E-state index in [0.717, 1.165) is 36.9 Å². The van der Waals surface area contributed by atoms with Gasteiger partial charge in [-0.05, 0) is 36.8 Å². The first-order chi connectivity index (χ1) is 12.5. The number of pyridine rings is 1. The molecule has 1 heterocycles. The number of guanidine groups is 1. The summed E-state index contributed by atoms with van der Waals surface area (Å²) in [5.74, 6) is 1.71. The SMILES string of the molecule is CCNC(=NCC(C)(C)c1ccc(OC)cc1)NCCc1ccccn1.I. The third kappa shape index (κ3) is 7.74.